The molecule has 0 aromatic heterocycles. The first-order valence-electron chi connectivity index (χ1n) is 5.30. The molecular formula is C11H21NO. The fourth-order valence-corrected chi connectivity index (χ4v) is 3.73. The molecule has 0 aliphatic heterocycles. The lowest BCUT2D eigenvalue weighted by Gasteiger charge is -2.44. The van der Waals surface area contributed by atoms with E-state index in [0.29, 0.717) is 12.5 Å². The Morgan fingerprint density at radius 3 is 2.23 bits per heavy atom. The van der Waals surface area contributed by atoms with Gasteiger partial charge in [-0.1, -0.05) is 20.8 Å². The molecule has 76 valence electrons. The smallest absolute Gasteiger partial charge is 0.0830 e. The predicted octanol–water partition coefficient (Wildman–Crippen LogP) is 1.52. The summed E-state index contributed by atoms with van der Waals surface area (Å²) in [6.45, 7) is 7.22. The fourth-order valence-electron chi connectivity index (χ4n) is 3.73. The van der Waals surface area contributed by atoms with Gasteiger partial charge in [0.05, 0.1) is 5.60 Å². The average molecular weight is 183 g/mol. The molecule has 0 spiro atoms. The van der Waals surface area contributed by atoms with Gasteiger partial charge < -0.3 is 10.8 Å². The SMILES string of the molecule is CC1(C)[C@@H]2CC[C@@]1(C)[C@@](O)(CN)C2. The van der Waals surface area contributed by atoms with Gasteiger partial charge in [0.2, 0.25) is 0 Å². The summed E-state index contributed by atoms with van der Waals surface area (Å²) in [4.78, 5) is 0. The zero-order valence-electron chi connectivity index (χ0n) is 8.93. The van der Waals surface area contributed by atoms with Crippen LogP contribution in [0.1, 0.15) is 40.0 Å². The molecule has 0 aromatic carbocycles. The fraction of sp³-hybridized carbons (Fsp3) is 1.00. The zero-order chi connectivity index (χ0) is 9.91. The van der Waals surface area contributed by atoms with Crippen molar-refractivity contribution in [3.63, 3.8) is 0 Å². The lowest BCUT2D eigenvalue weighted by atomic mass is 9.64. The maximum absolute atomic E-state index is 10.5. The van der Waals surface area contributed by atoms with E-state index in [1.807, 2.05) is 0 Å². The molecule has 13 heavy (non-hydrogen) atoms. The Hall–Kier alpha value is -0.0800. The van der Waals surface area contributed by atoms with Crippen molar-refractivity contribution >= 4 is 0 Å². The van der Waals surface area contributed by atoms with Gasteiger partial charge in [0.25, 0.3) is 0 Å². The summed E-state index contributed by atoms with van der Waals surface area (Å²) in [5.41, 5.74) is 5.42. The zero-order valence-corrected chi connectivity index (χ0v) is 8.93. The van der Waals surface area contributed by atoms with E-state index < -0.39 is 5.60 Å². The molecule has 2 aliphatic rings. The van der Waals surface area contributed by atoms with E-state index in [1.165, 1.54) is 6.42 Å². The summed E-state index contributed by atoms with van der Waals surface area (Å²) in [6.07, 6.45) is 3.32. The average Bonchev–Trinajstić information content (AvgIpc) is 2.36. The van der Waals surface area contributed by atoms with Gasteiger partial charge in [-0.25, -0.2) is 0 Å². The van der Waals surface area contributed by atoms with Crippen LogP contribution >= 0.6 is 0 Å². The van der Waals surface area contributed by atoms with Crippen LogP contribution in [-0.2, 0) is 0 Å². The molecule has 0 unspecified atom stereocenters. The van der Waals surface area contributed by atoms with Crippen molar-refractivity contribution in [2.24, 2.45) is 22.5 Å². The molecule has 2 aliphatic carbocycles. The Kier molecular flexibility index (Phi) is 1.67. The first kappa shape index (κ1) is 9.47. The second-order valence-corrected chi connectivity index (χ2v) is 5.73. The van der Waals surface area contributed by atoms with Crippen LogP contribution in [0.5, 0.6) is 0 Å². The Morgan fingerprint density at radius 2 is 2.00 bits per heavy atom. The molecule has 3 N–H and O–H groups in total. The van der Waals surface area contributed by atoms with Gasteiger partial charge in [-0.15, -0.1) is 0 Å². The number of nitrogens with two attached hydrogens (primary N) is 1. The Morgan fingerprint density at radius 1 is 1.38 bits per heavy atom. The van der Waals surface area contributed by atoms with Crippen LogP contribution in [-0.4, -0.2) is 17.3 Å². The minimum atomic E-state index is -0.598. The quantitative estimate of drug-likeness (QED) is 0.647. The normalized spacial score (nSPS) is 52.8. The minimum Gasteiger partial charge on any atom is -0.388 e. The summed E-state index contributed by atoms with van der Waals surface area (Å²) in [5, 5.41) is 10.5. The van der Waals surface area contributed by atoms with E-state index in [4.69, 9.17) is 5.73 Å². The first-order valence-corrected chi connectivity index (χ1v) is 5.30. The van der Waals surface area contributed by atoms with Crippen molar-refractivity contribution < 1.29 is 5.11 Å². The van der Waals surface area contributed by atoms with Crippen molar-refractivity contribution in [3.05, 3.63) is 0 Å². The highest BCUT2D eigenvalue weighted by Crippen LogP contribution is 2.69. The highest BCUT2D eigenvalue weighted by Gasteiger charge is 2.67. The molecule has 3 atom stereocenters. The molecule has 0 heterocycles. The molecule has 0 aromatic rings. The highest BCUT2D eigenvalue weighted by atomic mass is 16.3. The maximum Gasteiger partial charge on any atom is 0.0830 e. The van der Waals surface area contributed by atoms with Crippen LogP contribution in [0, 0.1) is 16.7 Å². The van der Waals surface area contributed by atoms with E-state index in [0.717, 1.165) is 12.8 Å². The van der Waals surface area contributed by atoms with Gasteiger partial charge in [-0.2, -0.15) is 0 Å². The van der Waals surface area contributed by atoms with E-state index in [-0.39, 0.29) is 10.8 Å². The summed E-state index contributed by atoms with van der Waals surface area (Å²) in [5.74, 6) is 0.672. The number of aliphatic hydroxyl groups is 1. The Balaban J connectivity index is 2.44. The van der Waals surface area contributed by atoms with E-state index >= 15 is 0 Å². The maximum atomic E-state index is 10.5. The Bertz CT molecular complexity index is 238. The lowest BCUT2D eigenvalue weighted by Crippen LogP contribution is -2.52. The van der Waals surface area contributed by atoms with Crippen molar-refractivity contribution in [1.29, 1.82) is 0 Å². The molecule has 0 amide bonds. The van der Waals surface area contributed by atoms with E-state index in [2.05, 4.69) is 20.8 Å². The van der Waals surface area contributed by atoms with Crippen molar-refractivity contribution in [2.75, 3.05) is 6.54 Å². The highest BCUT2D eigenvalue weighted by molar-refractivity contribution is 5.18. The summed E-state index contributed by atoms with van der Waals surface area (Å²) < 4.78 is 0. The molecule has 2 rings (SSSR count). The minimum absolute atomic E-state index is 0.0411. The van der Waals surface area contributed by atoms with Gasteiger partial charge in [0.1, 0.15) is 0 Å². The Labute approximate surface area is 80.5 Å². The third-order valence-corrected chi connectivity index (χ3v) is 5.38. The van der Waals surface area contributed by atoms with Crippen LogP contribution in [0.4, 0.5) is 0 Å². The standard InChI is InChI=1S/C11H21NO/c1-9(2)8-4-5-10(9,3)11(13,6-8)7-12/h8,13H,4-7,12H2,1-3H3/t8-,10-,11+/m1/s1. The van der Waals surface area contributed by atoms with Crippen molar-refractivity contribution in [1.82, 2.24) is 0 Å². The number of rotatable bonds is 1. The second kappa shape index (κ2) is 2.29. The van der Waals surface area contributed by atoms with Gasteiger partial charge in [-0.3, -0.25) is 0 Å². The van der Waals surface area contributed by atoms with Gasteiger partial charge in [0, 0.05) is 12.0 Å². The molecule has 2 saturated carbocycles. The number of fused-ring (bicyclic) bond motifs is 2. The molecule has 0 saturated heterocycles. The third-order valence-electron chi connectivity index (χ3n) is 5.38. The number of hydrogen-bond donors (Lipinski definition) is 2. The molecule has 2 nitrogen and oxygen atoms in total. The molecule has 0 radical (unpaired) electrons. The summed E-state index contributed by atoms with van der Waals surface area (Å²) in [6, 6.07) is 0. The van der Waals surface area contributed by atoms with Crippen LogP contribution in [0.2, 0.25) is 0 Å². The van der Waals surface area contributed by atoms with Crippen molar-refractivity contribution in [3.8, 4) is 0 Å². The topological polar surface area (TPSA) is 46.2 Å². The van der Waals surface area contributed by atoms with Gasteiger partial charge >= 0.3 is 0 Å². The lowest BCUT2D eigenvalue weighted by molar-refractivity contribution is -0.0816. The predicted molar refractivity (Wildman–Crippen MR) is 53.2 cm³/mol. The van der Waals surface area contributed by atoms with Gasteiger partial charge in [-0.05, 0) is 30.6 Å². The number of hydrogen-bond acceptors (Lipinski definition) is 2. The van der Waals surface area contributed by atoms with Crippen LogP contribution < -0.4 is 5.73 Å². The van der Waals surface area contributed by atoms with Crippen LogP contribution in [0.15, 0.2) is 0 Å². The summed E-state index contributed by atoms with van der Waals surface area (Å²) >= 11 is 0. The largest absolute Gasteiger partial charge is 0.388 e. The van der Waals surface area contributed by atoms with Crippen molar-refractivity contribution in [2.45, 2.75) is 45.6 Å². The first-order chi connectivity index (χ1) is 5.87. The van der Waals surface area contributed by atoms with E-state index in [1.54, 1.807) is 0 Å². The molecule has 2 bridgehead atoms. The molecule has 2 fully saturated rings. The summed E-state index contributed by atoms with van der Waals surface area (Å²) in [7, 11) is 0. The van der Waals surface area contributed by atoms with Crippen LogP contribution in [0.3, 0.4) is 0 Å². The molecular weight excluding hydrogens is 162 g/mol. The monoisotopic (exact) mass is 183 g/mol. The van der Waals surface area contributed by atoms with Crippen LogP contribution in [0.25, 0.3) is 0 Å². The van der Waals surface area contributed by atoms with Gasteiger partial charge in [0.15, 0.2) is 0 Å². The third kappa shape index (κ3) is 0.816. The second-order valence-electron chi connectivity index (χ2n) is 5.73. The molecule has 2 heteroatoms. The van der Waals surface area contributed by atoms with E-state index in [9.17, 15) is 5.11 Å².